The first-order chi connectivity index (χ1) is 8.66. The van der Waals surface area contributed by atoms with Crippen molar-refractivity contribution < 1.29 is 66.4 Å². The zero-order valence-electron chi connectivity index (χ0n) is 12.2. The predicted molar refractivity (Wildman–Crippen MR) is 71.7 cm³/mol. The van der Waals surface area contributed by atoms with Crippen LogP contribution in [-0.4, -0.2) is 23.5 Å². The van der Waals surface area contributed by atoms with Gasteiger partial charge in [-0.15, -0.1) is 0 Å². The summed E-state index contributed by atoms with van der Waals surface area (Å²) < 4.78 is 0. The topological polar surface area (TPSA) is 72.7 Å². The van der Waals surface area contributed by atoms with E-state index in [0.29, 0.717) is 6.54 Å². The van der Waals surface area contributed by atoms with Crippen LogP contribution in [0.1, 0.15) is 58.3 Å². The smallest absolute Gasteiger partial charge is 0.859 e. The first-order valence-electron chi connectivity index (χ1n) is 6.79. The van der Waals surface area contributed by atoms with Gasteiger partial charge in [-0.2, -0.15) is 0 Å². The molecule has 19 heavy (non-hydrogen) atoms. The van der Waals surface area contributed by atoms with Gasteiger partial charge in [0.2, 0.25) is 0 Å². The van der Waals surface area contributed by atoms with Crippen LogP contribution in [0.5, 0.6) is 0 Å². The molecule has 0 amide bonds. The summed E-state index contributed by atoms with van der Waals surface area (Å²) in [5.74, 6) is -1.58. The SMILES string of the molecule is CCCCCCCCCCN=C([O-])/C=C/C(=O)O.[K+]. The minimum absolute atomic E-state index is 0. The molecule has 0 aromatic heterocycles. The van der Waals surface area contributed by atoms with Gasteiger partial charge in [0, 0.05) is 12.6 Å². The molecule has 0 saturated carbocycles. The molecule has 0 spiro atoms. The van der Waals surface area contributed by atoms with Gasteiger partial charge >= 0.3 is 57.4 Å². The van der Waals surface area contributed by atoms with Crippen LogP contribution in [0.4, 0.5) is 0 Å². The van der Waals surface area contributed by atoms with Crippen LogP contribution in [0.3, 0.4) is 0 Å². The third-order valence-electron chi connectivity index (χ3n) is 2.65. The van der Waals surface area contributed by atoms with Crippen LogP contribution in [0.15, 0.2) is 17.1 Å². The number of carboxylic acids is 1. The number of aliphatic imine (C=N–C) groups is 1. The van der Waals surface area contributed by atoms with Gasteiger partial charge < -0.3 is 15.2 Å². The van der Waals surface area contributed by atoms with E-state index in [4.69, 9.17) is 5.11 Å². The van der Waals surface area contributed by atoms with E-state index in [2.05, 4.69) is 11.9 Å². The Labute approximate surface area is 158 Å². The maximum absolute atomic E-state index is 11.0. The predicted octanol–water partition coefficient (Wildman–Crippen LogP) is -0.469. The van der Waals surface area contributed by atoms with Gasteiger partial charge in [-0.05, 0) is 18.4 Å². The molecule has 0 radical (unpaired) electrons. The number of carboxylic acid groups (broad SMARTS) is 1. The minimum Gasteiger partial charge on any atom is -0.859 e. The van der Waals surface area contributed by atoms with E-state index in [0.717, 1.165) is 25.0 Å². The van der Waals surface area contributed by atoms with E-state index in [1.165, 1.54) is 38.5 Å². The van der Waals surface area contributed by atoms with Crippen molar-refractivity contribution in [3.8, 4) is 0 Å². The molecule has 5 heteroatoms. The van der Waals surface area contributed by atoms with E-state index < -0.39 is 11.9 Å². The number of carbonyl (C=O) groups is 1. The normalized spacial score (nSPS) is 11.5. The molecule has 0 unspecified atom stereocenters. The fraction of sp³-hybridized carbons (Fsp3) is 0.714. The van der Waals surface area contributed by atoms with Gasteiger partial charge in [0.15, 0.2) is 0 Å². The monoisotopic (exact) mass is 293 g/mol. The molecule has 0 aromatic carbocycles. The zero-order chi connectivity index (χ0) is 13.6. The summed E-state index contributed by atoms with van der Waals surface area (Å²) >= 11 is 0. The Bertz CT molecular complexity index is 278. The van der Waals surface area contributed by atoms with Crippen molar-refractivity contribution in [1.29, 1.82) is 0 Å². The summed E-state index contributed by atoms with van der Waals surface area (Å²) in [6, 6.07) is 0. The third-order valence-corrected chi connectivity index (χ3v) is 2.65. The van der Waals surface area contributed by atoms with Crippen molar-refractivity contribution in [3.63, 3.8) is 0 Å². The Morgan fingerprint density at radius 2 is 1.58 bits per heavy atom. The summed E-state index contributed by atoms with van der Waals surface area (Å²) in [6.45, 7) is 2.70. The molecular weight excluding hydrogens is 269 g/mol. The Hall–Kier alpha value is 0.316. The second-order valence-corrected chi connectivity index (χ2v) is 4.37. The summed E-state index contributed by atoms with van der Waals surface area (Å²) in [5.41, 5.74) is 0. The molecular formula is C14H24KNO3. The van der Waals surface area contributed by atoms with Crippen molar-refractivity contribution in [3.05, 3.63) is 12.2 Å². The summed E-state index contributed by atoms with van der Waals surface area (Å²) in [7, 11) is 0. The largest absolute Gasteiger partial charge is 1.00 e. The number of hydrogen-bond donors (Lipinski definition) is 1. The average Bonchev–Trinajstić information content (AvgIpc) is 2.34. The van der Waals surface area contributed by atoms with Crippen LogP contribution in [-0.2, 0) is 4.79 Å². The molecule has 4 nitrogen and oxygen atoms in total. The quantitative estimate of drug-likeness (QED) is 0.184. The summed E-state index contributed by atoms with van der Waals surface area (Å²) in [5, 5.41) is 19.3. The fourth-order valence-corrected chi connectivity index (χ4v) is 1.63. The van der Waals surface area contributed by atoms with E-state index in [9.17, 15) is 9.90 Å². The number of unbranched alkanes of at least 4 members (excludes halogenated alkanes) is 7. The van der Waals surface area contributed by atoms with Gasteiger partial charge in [-0.3, -0.25) is 0 Å². The molecule has 0 rings (SSSR count). The molecule has 0 saturated heterocycles. The molecule has 0 heterocycles. The Morgan fingerprint density at radius 1 is 1.05 bits per heavy atom. The maximum atomic E-state index is 11.0. The van der Waals surface area contributed by atoms with Crippen molar-refractivity contribution in [1.82, 2.24) is 0 Å². The van der Waals surface area contributed by atoms with Crippen LogP contribution in [0, 0.1) is 0 Å². The van der Waals surface area contributed by atoms with Gasteiger partial charge in [-0.25, -0.2) is 4.79 Å². The van der Waals surface area contributed by atoms with Gasteiger partial charge in [0.05, 0.1) is 0 Å². The Balaban J connectivity index is 0. The van der Waals surface area contributed by atoms with E-state index in [-0.39, 0.29) is 51.4 Å². The minimum atomic E-state index is -1.12. The maximum Gasteiger partial charge on any atom is 1.00 e. The summed E-state index contributed by atoms with van der Waals surface area (Å²) in [4.78, 5) is 13.9. The first-order valence-corrected chi connectivity index (χ1v) is 6.79. The second kappa shape index (κ2) is 16.4. The van der Waals surface area contributed by atoms with Gasteiger partial charge in [0.1, 0.15) is 0 Å². The van der Waals surface area contributed by atoms with Gasteiger partial charge in [0.25, 0.3) is 0 Å². The van der Waals surface area contributed by atoms with Crippen molar-refractivity contribution in [2.45, 2.75) is 58.3 Å². The standard InChI is InChI=1S/C14H25NO3.K/c1-2-3-4-5-6-7-8-9-12-15-13(16)10-11-14(17)18;/h10-11H,2-9,12H2,1H3,(H,15,16)(H,17,18);/q;+1/p-1/b11-10+;. The van der Waals surface area contributed by atoms with Crippen LogP contribution in [0.2, 0.25) is 0 Å². The summed E-state index contributed by atoms with van der Waals surface area (Å²) in [6.07, 6.45) is 11.5. The van der Waals surface area contributed by atoms with Crippen molar-refractivity contribution in [2.75, 3.05) is 6.54 Å². The Morgan fingerprint density at radius 3 is 2.11 bits per heavy atom. The molecule has 0 fully saturated rings. The molecule has 0 bridgehead atoms. The molecule has 0 aliphatic rings. The number of rotatable bonds is 11. The first kappa shape index (κ1) is 21.6. The van der Waals surface area contributed by atoms with E-state index in [1.807, 2.05) is 0 Å². The number of hydrogen-bond acceptors (Lipinski definition) is 3. The van der Waals surface area contributed by atoms with Crippen molar-refractivity contribution in [2.24, 2.45) is 4.99 Å². The van der Waals surface area contributed by atoms with Crippen LogP contribution >= 0.6 is 0 Å². The number of nitrogens with zero attached hydrogens (tertiary/aromatic N) is 1. The van der Waals surface area contributed by atoms with E-state index in [1.54, 1.807) is 0 Å². The zero-order valence-corrected chi connectivity index (χ0v) is 15.4. The molecule has 0 aromatic rings. The third kappa shape index (κ3) is 18.3. The molecule has 0 aliphatic carbocycles. The molecule has 0 aliphatic heterocycles. The van der Waals surface area contributed by atoms with Crippen LogP contribution < -0.4 is 56.5 Å². The average molecular weight is 293 g/mol. The number of aliphatic carboxylic acids is 1. The molecule has 104 valence electrons. The van der Waals surface area contributed by atoms with Gasteiger partial charge in [-0.1, -0.05) is 51.9 Å². The second-order valence-electron chi connectivity index (χ2n) is 4.37. The van der Waals surface area contributed by atoms with Crippen LogP contribution in [0.25, 0.3) is 0 Å². The molecule has 1 N–H and O–H groups in total. The van der Waals surface area contributed by atoms with E-state index >= 15 is 0 Å². The molecule has 0 atom stereocenters. The fourth-order valence-electron chi connectivity index (χ4n) is 1.63. The van der Waals surface area contributed by atoms with Crippen molar-refractivity contribution >= 4 is 11.9 Å². The Kier molecular flexibility index (Phi) is 18.6.